The second-order valence-electron chi connectivity index (χ2n) is 5.50. The first-order chi connectivity index (χ1) is 10.7. The minimum absolute atomic E-state index is 0.0245. The third-order valence-electron chi connectivity index (χ3n) is 4.08. The number of hydrogen-bond acceptors (Lipinski definition) is 3. The van der Waals surface area contributed by atoms with Crippen LogP contribution in [0.5, 0.6) is 0 Å². The molecule has 4 nitrogen and oxygen atoms in total. The fraction of sp³-hybridized carbons (Fsp3) is 0.588. The third-order valence-corrected chi connectivity index (χ3v) is 5.02. The molecule has 0 spiro atoms. The SMILES string of the molecule is CCN(CC)C(=O)Nc1ccc(CCN2CCSCC2)cc1. The molecule has 2 rings (SSSR count). The van der Waals surface area contributed by atoms with Crippen LogP contribution < -0.4 is 5.32 Å². The molecule has 0 atom stereocenters. The molecule has 1 aliphatic rings. The lowest BCUT2D eigenvalue weighted by molar-refractivity contribution is 0.217. The van der Waals surface area contributed by atoms with Gasteiger partial charge in [0.1, 0.15) is 0 Å². The van der Waals surface area contributed by atoms with Gasteiger partial charge in [-0.05, 0) is 38.0 Å². The first-order valence-electron chi connectivity index (χ1n) is 8.18. The first kappa shape index (κ1) is 17.2. The van der Waals surface area contributed by atoms with Gasteiger partial charge >= 0.3 is 6.03 Å². The lowest BCUT2D eigenvalue weighted by Gasteiger charge is -2.26. The fourth-order valence-electron chi connectivity index (χ4n) is 2.58. The minimum Gasteiger partial charge on any atom is -0.325 e. The molecule has 0 aliphatic carbocycles. The van der Waals surface area contributed by atoms with Gasteiger partial charge in [-0.1, -0.05) is 12.1 Å². The second-order valence-corrected chi connectivity index (χ2v) is 6.73. The van der Waals surface area contributed by atoms with Crippen molar-refractivity contribution in [1.82, 2.24) is 9.80 Å². The largest absolute Gasteiger partial charge is 0.325 e. The Hall–Kier alpha value is -1.20. The van der Waals surface area contributed by atoms with E-state index in [4.69, 9.17) is 0 Å². The van der Waals surface area contributed by atoms with E-state index in [1.54, 1.807) is 4.90 Å². The van der Waals surface area contributed by atoms with Gasteiger partial charge in [-0.25, -0.2) is 4.79 Å². The quantitative estimate of drug-likeness (QED) is 0.874. The molecule has 22 heavy (non-hydrogen) atoms. The average molecular weight is 321 g/mol. The van der Waals surface area contributed by atoms with Gasteiger partial charge in [-0.15, -0.1) is 0 Å². The zero-order valence-electron chi connectivity index (χ0n) is 13.7. The van der Waals surface area contributed by atoms with Gasteiger partial charge in [0.15, 0.2) is 0 Å². The van der Waals surface area contributed by atoms with E-state index in [1.807, 2.05) is 37.7 Å². The molecule has 1 N–H and O–H groups in total. The van der Waals surface area contributed by atoms with Crippen molar-refractivity contribution in [2.45, 2.75) is 20.3 Å². The number of amides is 2. The molecular formula is C17H27N3OS. The summed E-state index contributed by atoms with van der Waals surface area (Å²) in [5.41, 5.74) is 2.20. The van der Waals surface area contributed by atoms with Crippen LogP contribution in [0.25, 0.3) is 0 Å². The first-order valence-corrected chi connectivity index (χ1v) is 9.33. The van der Waals surface area contributed by atoms with Crippen LogP contribution in [0.1, 0.15) is 19.4 Å². The zero-order valence-corrected chi connectivity index (χ0v) is 14.5. The smallest absolute Gasteiger partial charge is 0.321 e. The van der Waals surface area contributed by atoms with E-state index in [2.05, 4.69) is 22.3 Å². The Labute approximate surface area is 138 Å². The van der Waals surface area contributed by atoms with E-state index in [0.717, 1.165) is 31.7 Å². The van der Waals surface area contributed by atoms with Gasteiger partial charge < -0.3 is 15.1 Å². The topological polar surface area (TPSA) is 35.6 Å². The van der Waals surface area contributed by atoms with Gasteiger partial charge in [0.25, 0.3) is 0 Å². The van der Waals surface area contributed by atoms with Crippen LogP contribution in [0.4, 0.5) is 10.5 Å². The molecule has 1 saturated heterocycles. The third kappa shape index (κ3) is 5.21. The molecule has 0 saturated carbocycles. The molecule has 1 fully saturated rings. The Morgan fingerprint density at radius 2 is 1.82 bits per heavy atom. The summed E-state index contributed by atoms with van der Waals surface area (Å²) in [7, 11) is 0. The molecule has 0 aromatic heterocycles. The van der Waals surface area contributed by atoms with Gasteiger partial charge in [0.2, 0.25) is 0 Å². The summed E-state index contributed by atoms with van der Waals surface area (Å²) in [4.78, 5) is 16.3. The molecule has 0 unspecified atom stereocenters. The summed E-state index contributed by atoms with van der Waals surface area (Å²) in [5.74, 6) is 2.52. The highest BCUT2D eigenvalue weighted by atomic mass is 32.2. The summed E-state index contributed by atoms with van der Waals surface area (Å²) in [6.45, 7) is 9.00. The number of carbonyl (C=O) groups is 1. The predicted octanol–water partition coefficient (Wildman–Crippen LogP) is 3.15. The molecule has 122 valence electrons. The van der Waals surface area contributed by atoms with E-state index < -0.39 is 0 Å². The van der Waals surface area contributed by atoms with E-state index in [1.165, 1.54) is 30.2 Å². The van der Waals surface area contributed by atoms with Crippen molar-refractivity contribution in [3.63, 3.8) is 0 Å². The number of nitrogens with one attached hydrogen (secondary N) is 1. The summed E-state index contributed by atoms with van der Waals surface area (Å²) >= 11 is 2.05. The molecule has 5 heteroatoms. The van der Waals surface area contributed by atoms with Crippen molar-refractivity contribution in [2.24, 2.45) is 0 Å². The van der Waals surface area contributed by atoms with E-state index in [0.29, 0.717) is 0 Å². The predicted molar refractivity (Wildman–Crippen MR) is 95.9 cm³/mol. The maximum atomic E-state index is 12.0. The average Bonchev–Trinajstić information content (AvgIpc) is 2.56. The number of urea groups is 1. The Morgan fingerprint density at radius 3 is 2.41 bits per heavy atom. The summed E-state index contributed by atoms with van der Waals surface area (Å²) < 4.78 is 0. The van der Waals surface area contributed by atoms with Crippen LogP contribution in [0.15, 0.2) is 24.3 Å². The van der Waals surface area contributed by atoms with Gasteiger partial charge in [0, 0.05) is 49.9 Å². The van der Waals surface area contributed by atoms with Crippen molar-refractivity contribution in [3.05, 3.63) is 29.8 Å². The number of rotatable bonds is 6. The van der Waals surface area contributed by atoms with Crippen LogP contribution in [-0.2, 0) is 6.42 Å². The number of carbonyl (C=O) groups excluding carboxylic acids is 1. The zero-order chi connectivity index (χ0) is 15.8. The maximum absolute atomic E-state index is 12.0. The molecule has 1 aromatic carbocycles. The molecule has 2 amide bonds. The van der Waals surface area contributed by atoms with Crippen molar-refractivity contribution >= 4 is 23.5 Å². The van der Waals surface area contributed by atoms with Crippen LogP contribution in [0.3, 0.4) is 0 Å². The molecule has 0 bridgehead atoms. The lowest BCUT2D eigenvalue weighted by Crippen LogP contribution is -2.34. The minimum atomic E-state index is -0.0245. The number of benzene rings is 1. The fourth-order valence-corrected chi connectivity index (χ4v) is 3.56. The molecule has 1 aromatic rings. The molecule has 0 radical (unpaired) electrons. The lowest BCUT2D eigenvalue weighted by atomic mass is 10.1. The Bertz CT molecular complexity index is 453. The van der Waals surface area contributed by atoms with Crippen molar-refractivity contribution in [1.29, 1.82) is 0 Å². The molecular weight excluding hydrogens is 294 g/mol. The number of anilines is 1. The number of nitrogens with zero attached hydrogens (tertiary/aromatic N) is 2. The van der Waals surface area contributed by atoms with Crippen LogP contribution in [-0.4, -0.2) is 60.1 Å². The molecule has 1 aliphatic heterocycles. The maximum Gasteiger partial charge on any atom is 0.321 e. The van der Waals surface area contributed by atoms with Gasteiger partial charge in [-0.2, -0.15) is 11.8 Å². The molecule has 1 heterocycles. The summed E-state index contributed by atoms with van der Waals surface area (Å²) in [6, 6.07) is 8.22. The van der Waals surface area contributed by atoms with Crippen molar-refractivity contribution in [2.75, 3.05) is 49.5 Å². The highest BCUT2D eigenvalue weighted by Crippen LogP contribution is 2.13. The summed E-state index contributed by atoms with van der Waals surface area (Å²) in [6.07, 6.45) is 1.08. The van der Waals surface area contributed by atoms with E-state index >= 15 is 0 Å². The van der Waals surface area contributed by atoms with Crippen LogP contribution in [0.2, 0.25) is 0 Å². The van der Waals surface area contributed by atoms with E-state index in [9.17, 15) is 4.79 Å². The van der Waals surface area contributed by atoms with E-state index in [-0.39, 0.29) is 6.03 Å². The Morgan fingerprint density at radius 1 is 1.18 bits per heavy atom. The van der Waals surface area contributed by atoms with Crippen LogP contribution >= 0.6 is 11.8 Å². The normalized spacial score (nSPS) is 15.5. The number of hydrogen-bond donors (Lipinski definition) is 1. The second kappa shape index (κ2) is 9.06. The standard InChI is InChI=1S/C17H27N3OS/c1-3-20(4-2)17(21)18-16-7-5-15(6-8-16)9-10-19-11-13-22-14-12-19/h5-8H,3-4,9-14H2,1-2H3,(H,18,21). The Kier molecular flexibility index (Phi) is 7.06. The highest BCUT2D eigenvalue weighted by Gasteiger charge is 2.11. The Balaban J connectivity index is 1.80. The van der Waals surface area contributed by atoms with Crippen molar-refractivity contribution < 1.29 is 4.79 Å². The van der Waals surface area contributed by atoms with Crippen molar-refractivity contribution in [3.8, 4) is 0 Å². The van der Waals surface area contributed by atoms with Crippen LogP contribution in [0, 0.1) is 0 Å². The summed E-state index contributed by atoms with van der Waals surface area (Å²) in [5, 5.41) is 2.95. The van der Waals surface area contributed by atoms with Gasteiger partial charge in [0.05, 0.1) is 0 Å². The monoisotopic (exact) mass is 321 g/mol. The number of thioether (sulfide) groups is 1. The highest BCUT2D eigenvalue weighted by molar-refractivity contribution is 7.99. The van der Waals surface area contributed by atoms with Gasteiger partial charge in [-0.3, -0.25) is 0 Å².